The lowest BCUT2D eigenvalue weighted by molar-refractivity contribution is -0.166. The standard InChI is InChI=1S/C25H18F3N7O/c1-2-15-6-9-21(29-13-15)31-23(36)35-18-10-11-34(14-18)20-8-7-19(30-22(20)35)16-4-3-5-17(12-16)24(32-33-24)25(26,27)28/h1,3-9,12-13,18H,10-11,14H2,(H,29,31,36)/t18-/m0/s1. The van der Waals surface area contributed by atoms with E-state index in [9.17, 15) is 18.0 Å². The molecule has 3 aliphatic heterocycles. The molecule has 3 aliphatic rings. The molecule has 1 atom stereocenters. The summed E-state index contributed by atoms with van der Waals surface area (Å²) in [7, 11) is 0. The van der Waals surface area contributed by atoms with Gasteiger partial charge in [-0.1, -0.05) is 24.1 Å². The molecule has 180 valence electrons. The van der Waals surface area contributed by atoms with Gasteiger partial charge in [-0.2, -0.15) is 13.2 Å². The van der Waals surface area contributed by atoms with Gasteiger partial charge in [0.15, 0.2) is 5.82 Å². The van der Waals surface area contributed by atoms with Crippen molar-refractivity contribution in [2.24, 2.45) is 10.2 Å². The number of fused-ring (bicyclic) bond motifs is 4. The molecule has 3 aromatic rings. The van der Waals surface area contributed by atoms with Crippen LogP contribution in [0.25, 0.3) is 11.3 Å². The topological polar surface area (TPSA) is 86.1 Å². The number of terminal acetylenes is 1. The third kappa shape index (κ3) is 3.45. The molecule has 1 N–H and O–H groups in total. The Morgan fingerprint density at radius 1 is 1.17 bits per heavy atom. The summed E-state index contributed by atoms with van der Waals surface area (Å²) in [6.45, 7) is 1.43. The van der Waals surface area contributed by atoms with Crippen LogP contribution in [0.4, 0.5) is 35.3 Å². The van der Waals surface area contributed by atoms with Gasteiger partial charge < -0.3 is 4.90 Å². The number of nitrogens with zero attached hydrogens (tertiary/aromatic N) is 6. The second-order valence-electron chi connectivity index (χ2n) is 8.76. The van der Waals surface area contributed by atoms with Gasteiger partial charge in [-0.15, -0.1) is 16.7 Å². The average molecular weight is 489 g/mol. The summed E-state index contributed by atoms with van der Waals surface area (Å²) in [5, 5.41) is 9.38. The summed E-state index contributed by atoms with van der Waals surface area (Å²) in [6, 6.07) is 12.3. The van der Waals surface area contributed by atoms with E-state index in [0.717, 1.165) is 18.7 Å². The third-order valence-electron chi connectivity index (χ3n) is 6.59. The van der Waals surface area contributed by atoms with Crippen molar-refractivity contribution >= 4 is 23.4 Å². The highest BCUT2D eigenvalue weighted by Crippen LogP contribution is 2.52. The van der Waals surface area contributed by atoms with E-state index < -0.39 is 17.9 Å². The number of rotatable bonds is 3. The quantitative estimate of drug-likeness (QED) is 0.529. The lowest BCUT2D eigenvalue weighted by Crippen LogP contribution is -2.48. The Morgan fingerprint density at radius 3 is 2.69 bits per heavy atom. The maximum absolute atomic E-state index is 13.5. The van der Waals surface area contributed by atoms with Gasteiger partial charge in [0.1, 0.15) is 5.82 Å². The van der Waals surface area contributed by atoms with Crippen LogP contribution < -0.4 is 15.1 Å². The van der Waals surface area contributed by atoms with Crippen molar-refractivity contribution in [2.45, 2.75) is 24.3 Å². The molecule has 1 saturated heterocycles. The molecular formula is C25H18F3N7O. The third-order valence-corrected chi connectivity index (χ3v) is 6.59. The largest absolute Gasteiger partial charge is 0.442 e. The van der Waals surface area contributed by atoms with Crippen molar-refractivity contribution in [1.29, 1.82) is 0 Å². The number of hydrogen-bond donors (Lipinski definition) is 1. The van der Waals surface area contributed by atoms with E-state index in [-0.39, 0.29) is 11.6 Å². The number of aromatic nitrogens is 2. The summed E-state index contributed by atoms with van der Waals surface area (Å²) in [4.78, 5) is 26.0. The minimum absolute atomic E-state index is 0.0769. The molecular weight excluding hydrogens is 471 g/mol. The first kappa shape index (κ1) is 22.0. The number of urea groups is 1. The van der Waals surface area contributed by atoms with Crippen molar-refractivity contribution < 1.29 is 18.0 Å². The molecule has 8 nitrogen and oxygen atoms in total. The number of halogens is 3. The predicted octanol–water partition coefficient (Wildman–Crippen LogP) is 4.94. The van der Waals surface area contributed by atoms with Gasteiger partial charge in [-0.25, -0.2) is 14.8 Å². The van der Waals surface area contributed by atoms with Crippen LogP contribution in [0.15, 0.2) is 65.0 Å². The van der Waals surface area contributed by atoms with Crippen LogP contribution in [0, 0.1) is 12.3 Å². The molecule has 0 aliphatic carbocycles. The van der Waals surface area contributed by atoms with Crippen LogP contribution in [-0.4, -0.2) is 41.3 Å². The van der Waals surface area contributed by atoms with E-state index in [1.807, 2.05) is 6.07 Å². The summed E-state index contributed by atoms with van der Waals surface area (Å²) < 4.78 is 40.6. The van der Waals surface area contributed by atoms with Gasteiger partial charge >= 0.3 is 17.9 Å². The van der Waals surface area contributed by atoms with Crippen molar-refractivity contribution in [3.63, 3.8) is 0 Å². The molecule has 36 heavy (non-hydrogen) atoms. The Kier molecular flexibility index (Phi) is 4.76. The van der Waals surface area contributed by atoms with Crippen molar-refractivity contribution in [3.05, 3.63) is 65.9 Å². The SMILES string of the molecule is C#Cc1ccc(NC(=O)N2c3nc(-c4cccc(C5(C(F)(F)F)N=N5)c4)ccc3N3CC[C@H]2C3)nc1. The van der Waals surface area contributed by atoms with E-state index in [0.29, 0.717) is 35.0 Å². The van der Waals surface area contributed by atoms with Crippen molar-refractivity contribution in [3.8, 4) is 23.6 Å². The normalized spacial score (nSPS) is 19.0. The molecule has 11 heteroatoms. The Bertz CT molecular complexity index is 1440. The number of carbonyl (C=O) groups is 1. The van der Waals surface area contributed by atoms with Crippen LogP contribution in [0.3, 0.4) is 0 Å². The summed E-state index contributed by atoms with van der Waals surface area (Å²) in [6.07, 6.45) is 3.00. The zero-order valence-electron chi connectivity index (χ0n) is 18.7. The van der Waals surface area contributed by atoms with E-state index >= 15 is 0 Å². The van der Waals surface area contributed by atoms with E-state index in [4.69, 9.17) is 11.4 Å². The van der Waals surface area contributed by atoms with Gasteiger partial charge in [-0.05, 0) is 36.8 Å². The van der Waals surface area contributed by atoms with Crippen molar-refractivity contribution in [2.75, 3.05) is 28.2 Å². The molecule has 2 bridgehead atoms. The highest BCUT2D eigenvalue weighted by atomic mass is 19.4. The molecule has 0 unspecified atom stereocenters. The molecule has 0 radical (unpaired) electrons. The first-order valence-corrected chi connectivity index (χ1v) is 11.2. The number of pyridine rings is 2. The van der Waals surface area contributed by atoms with Gasteiger partial charge in [0, 0.05) is 36.0 Å². The molecule has 2 aromatic heterocycles. The van der Waals surface area contributed by atoms with Crippen LogP contribution in [0.5, 0.6) is 0 Å². The Balaban J connectivity index is 1.35. The number of benzene rings is 1. The fourth-order valence-electron chi connectivity index (χ4n) is 4.69. The van der Waals surface area contributed by atoms with E-state index in [1.165, 1.54) is 24.4 Å². The van der Waals surface area contributed by atoms with Gasteiger partial charge in [0.05, 0.1) is 17.4 Å². The Hall–Kier alpha value is -4.46. The molecule has 2 amide bonds. The Labute approximate surface area is 203 Å². The number of hydrogen-bond acceptors (Lipinski definition) is 6. The van der Waals surface area contributed by atoms with Crippen LogP contribution >= 0.6 is 0 Å². The molecule has 1 aromatic carbocycles. The highest BCUT2D eigenvalue weighted by Gasteiger charge is 2.65. The Morgan fingerprint density at radius 2 is 2.00 bits per heavy atom. The van der Waals surface area contributed by atoms with Gasteiger partial charge in [-0.3, -0.25) is 10.2 Å². The molecule has 0 saturated carbocycles. The maximum atomic E-state index is 13.5. The van der Waals surface area contributed by atoms with Gasteiger partial charge in [0.25, 0.3) is 0 Å². The molecule has 0 spiro atoms. The zero-order chi connectivity index (χ0) is 25.1. The van der Waals surface area contributed by atoms with Gasteiger partial charge in [0.2, 0.25) is 0 Å². The first-order valence-electron chi connectivity index (χ1n) is 11.2. The average Bonchev–Trinajstić information content (AvgIpc) is 3.61. The van der Waals surface area contributed by atoms with E-state index in [1.54, 1.807) is 29.2 Å². The number of nitrogens with one attached hydrogen (secondary N) is 1. The number of alkyl halides is 3. The fourth-order valence-corrected chi connectivity index (χ4v) is 4.69. The van der Waals surface area contributed by atoms with Crippen molar-refractivity contribution in [1.82, 2.24) is 9.97 Å². The summed E-state index contributed by atoms with van der Waals surface area (Å²) >= 11 is 0. The predicted molar refractivity (Wildman–Crippen MR) is 127 cm³/mol. The monoisotopic (exact) mass is 489 g/mol. The van der Waals surface area contributed by atoms with E-state index in [2.05, 4.69) is 31.3 Å². The number of amides is 2. The highest BCUT2D eigenvalue weighted by molar-refractivity contribution is 6.04. The minimum Gasteiger partial charge on any atom is -0.366 e. The zero-order valence-corrected chi connectivity index (χ0v) is 18.7. The van der Waals surface area contributed by atoms with Crippen LogP contribution in [-0.2, 0) is 5.66 Å². The maximum Gasteiger partial charge on any atom is 0.442 e. The summed E-state index contributed by atoms with van der Waals surface area (Å²) in [5.41, 5.74) is -0.312. The second kappa shape index (κ2) is 7.78. The number of anilines is 3. The lowest BCUT2D eigenvalue weighted by atomic mass is 9.99. The molecule has 5 heterocycles. The smallest absolute Gasteiger partial charge is 0.366 e. The minimum atomic E-state index is -4.62. The number of carbonyl (C=O) groups excluding carboxylic acids is 1. The van der Waals surface area contributed by atoms with Crippen LogP contribution in [0.1, 0.15) is 17.5 Å². The first-order chi connectivity index (χ1) is 17.3. The fraction of sp³-hybridized carbons (Fsp3) is 0.240. The molecule has 6 rings (SSSR count). The lowest BCUT2D eigenvalue weighted by Gasteiger charge is -2.35. The summed E-state index contributed by atoms with van der Waals surface area (Å²) in [5.74, 6) is 3.26. The second-order valence-corrected chi connectivity index (χ2v) is 8.76. The van der Waals surface area contributed by atoms with Crippen LogP contribution in [0.2, 0.25) is 0 Å². The molecule has 1 fully saturated rings.